The van der Waals surface area contributed by atoms with Gasteiger partial charge in [-0.05, 0) is 43.7 Å². The molecule has 17 heavy (non-hydrogen) atoms. The van der Waals surface area contributed by atoms with E-state index in [4.69, 9.17) is 4.42 Å². The first-order valence-corrected chi connectivity index (χ1v) is 5.41. The van der Waals surface area contributed by atoms with Crippen LogP contribution in [-0.4, -0.2) is 5.78 Å². The van der Waals surface area contributed by atoms with Crippen LogP contribution in [0.1, 0.15) is 18.2 Å². The number of furan rings is 1. The van der Waals surface area contributed by atoms with Crippen molar-refractivity contribution >= 4 is 5.78 Å². The van der Waals surface area contributed by atoms with Gasteiger partial charge in [-0.2, -0.15) is 0 Å². The molecule has 0 bridgehead atoms. The van der Waals surface area contributed by atoms with E-state index in [2.05, 4.69) is 0 Å². The summed E-state index contributed by atoms with van der Waals surface area (Å²) in [6.07, 6.45) is 0.272. The molecule has 0 saturated heterocycles. The molecule has 2 aromatic rings. The maximum absolute atomic E-state index is 13.2. The second kappa shape index (κ2) is 4.53. The van der Waals surface area contributed by atoms with Crippen molar-refractivity contribution in [3.05, 3.63) is 47.5 Å². The first-order chi connectivity index (χ1) is 8.06. The highest BCUT2D eigenvalue weighted by atomic mass is 19.1. The van der Waals surface area contributed by atoms with Gasteiger partial charge in [0.15, 0.2) is 0 Å². The molecule has 2 nitrogen and oxygen atoms in total. The van der Waals surface area contributed by atoms with Gasteiger partial charge in [-0.3, -0.25) is 4.79 Å². The second-order valence-corrected chi connectivity index (χ2v) is 4.10. The largest absolute Gasteiger partial charge is 0.461 e. The lowest BCUT2D eigenvalue weighted by Crippen LogP contribution is -1.93. The lowest BCUT2D eigenvalue weighted by atomic mass is 10.1. The Balaban J connectivity index is 2.36. The van der Waals surface area contributed by atoms with E-state index >= 15 is 0 Å². The Morgan fingerprint density at radius 1 is 1.29 bits per heavy atom. The van der Waals surface area contributed by atoms with Gasteiger partial charge in [-0.15, -0.1) is 0 Å². The highest BCUT2D eigenvalue weighted by Crippen LogP contribution is 2.26. The molecule has 0 N–H and O–H groups in total. The van der Waals surface area contributed by atoms with E-state index in [-0.39, 0.29) is 18.0 Å². The van der Waals surface area contributed by atoms with Crippen molar-refractivity contribution in [3.8, 4) is 11.3 Å². The van der Waals surface area contributed by atoms with Gasteiger partial charge < -0.3 is 4.42 Å². The van der Waals surface area contributed by atoms with Crippen molar-refractivity contribution in [1.82, 2.24) is 0 Å². The Bertz CT molecular complexity index is 555. The van der Waals surface area contributed by atoms with Gasteiger partial charge >= 0.3 is 0 Å². The lowest BCUT2D eigenvalue weighted by molar-refractivity contribution is -0.116. The van der Waals surface area contributed by atoms with Crippen LogP contribution in [0.4, 0.5) is 4.39 Å². The molecule has 0 aliphatic carbocycles. The van der Waals surface area contributed by atoms with Crippen LogP contribution in [0.25, 0.3) is 11.3 Å². The summed E-state index contributed by atoms with van der Waals surface area (Å²) in [5, 5.41) is 0. The third-order valence-corrected chi connectivity index (χ3v) is 2.55. The fraction of sp³-hybridized carbons (Fsp3) is 0.214. The van der Waals surface area contributed by atoms with E-state index in [0.29, 0.717) is 11.5 Å². The minimum absolute atomic E-state index is 0.0434. The molecule has 0 unspecified atom stereocenters. The zero-order chi connectivity index (χ0) is 12.4. The van der Waals surface area contributed by atoms with E-state index in [1.807, 2.05) is 6.92 Å². The molecule has 0 spiro atoms. The Kier molecular flexibility index (Phi) is 3.09. The Hall–Kier alpha value is -1.90. The first-order valence-electron chi connectivity index (χ1n) is 5.41. The summed E-state index contributed by atoms with van der Waals surface area (Å²) in [6, 6.07) is 8.07. The Morgan fingerprint density at radius 2 is 2.06 bits per heavy atom. The van der Waals surface area contributed by atoms with Gasteiger partial charge in [0, 0.05) is 5.56 Å². The summed E-state index contributed by atoms with van der Waals surface area (Å²) in [5.74, 6) is 0.950. The quantitative estimate of drug-likeness (QED) is 0.810. The van der Waals surface area contributed by atoms with Crippen molar-refractivity contribution in [2.45, 2.75) is 20.3 Å². The van der Waals surface area contributed by atoms with Gasteiger partial charge in [-0.1, -0.05) is 6.07 Å². The van der Waals surface area contributed by atoms with E-state index in [9.17, 15) is 9.18 Å². The van der Waals surface area contributed by atoms with Crippen LogP contribution in [-0.2, 0) is 11.2 Å². The Labute approximate surface area is 99.1 Å². The number of aryl methyl sites for hydroxylation is 1. The van der Waals surface area contributed by atoms with Crippen LogP contribution in [0.2, 0.25) is 0 Å². The molecule has 0 amide bonds. The van der Waals surface area contributed by atoms with E-state index in [1.165, 1.54) is 19.1 Å². The number of ketones is 1. The number of halogens is 1. The summed E-state index contributed by atoms with van der Waals surface area (Å²) >= 11 is 0. The average Bonchev–Trinajstić information content (AvgIpc) is 2.69. The summed E-state index contributed by atoms with van der Waals surface area (Å²) in [6.45, 7) is 3.40. The molecule has 2 rings (SSSR count). The number of carbonyl (C=O) groups excluding carboxylic acids is 1. The number of rotatable bonds is 3. The third-order valence-electron chi connectivity index (χ3n) is 2.55. The summed E-state index contributed by atoms with van der Waals surface area (Å²) < 4.78 is 18.7. The topological polar surface area (TPSA) is 30.2 Å². The molecular weight excluding hydrogens is 219 g/mol. The minimum atomic E-state index is -0.296. The van der Waals surface area contributed by atoms with Crippen molar-refractivity contribution < 1.29 is 13.6 Å². The fourth-order valence-electron chi connectivity index (χ4n) is 1.72. The van der Waals surface area contributed by atoms with Crippen LogP contribution in [0.5, 0.6) is 0 Å². The van der Waals surface area contributed by atoms with Crippen molar-refractivity contribution in [2.24, 2.45) is 0 Å². The number of benzene rings is 1. The molecule has 3 heteroatoms. The van der Waals surface area contributed by atoms with Crippen LogP contribution >= 0.6 is 0 Å². The number of hydrogen-bond donors (Lipinski definition) is 0. The molecule has 0 saturated carbocycles. The molecule has 0 aliphatic rings. The molecule has 0 radical (unpaired) electrons. The van der Waals surface area contributed by atoms with Gasteiger partial charge in [0.05, 0.1) is 6.42 Å². The number of carbonyl (C=O) groups is 1. The van der Waals surface area contributed by atoms with Crippen LogP contribution in [0.15, 0.2) is 34.7 Å². The zero-order valence-electron chi connectivity index (χ0n) is 9.79. The summed E-state index contributed by atoms with van der Waals surface area (Å²) in [5.41, 5.74) is 1.66. The molecule has 1 heterocycles. The highest BCUT2D eigenvalue weighted by molar-refractivity contribution is 5.77. The predicted octanol–water partition coefficient (Wildman–Crippen LogP) is 3.53. The van der Waals surface area contributed by atoms with Crippen molar-refractivity contribution in [3.63, 3.8) is 0 Å². The maximum Gasteiger partial charge on any atom is 0.137 e. The molecule has 1 aromatic carbocycles. The normalized spacial score (nSPS) is 10.5. The van der Waals surface area contributed by atoms with Gasteiger partial charge in [0.2, 0.25) is 0 Å². The van der Waals surface area contributed by atoms with Gasteiger partial charge in [-0.25, -0.2) is 4.39 Å². The van der Waals surface area contributed by atoms with Gasteiger partial charge in [0.25, 0.3) is 0 Å². The van der Waals surface area contributed by atoms with Gasteiger partial charge in [0.1, 0.15) is 23.1 Å². The molecular formula is C14H13FO2. The lowest BCUT2D eigenvalue weighted by Gasteiger charge is -2.02. The second-order valence-electron chi connectivity index (χ2n) is 4.10. The van der Waals surface area contributed by atoms with E-state index in [0.717, 1.165) is 11.1 Å². The van der Waals surface area contributed by atoms with Crippen molar-refractivity contribution in [1.29, 1.82) is 0 Å². The number of hydrogen-bond acceptors (Lipinski definition) is 2. The Morgan fingerprint density at radius 3 is 2.76 bits per heavy atom. The smallest absolute Gasteiger partial charge is 0.137 e. The van der Waals surface area contributed by atoms with Crippen LogP contribution in [0, 0.1) is 12.7 Å². The van der Waals surface area contributed by atoms with E-state index in [1.54, 1.807) is 18.2 Å². The van der Waals surface area contributed by atoms with Crippen molar-refractivity contribution in [2.75, 3.05) is 0 Å². The highest BCUT2D eigenvalue weighted by Gasteiger charge is 2.09. The zero-order valence-corrected chi connectivity index (χ0v) is 9.79. The molecule has 1 aromatic heterocycles. The molecule has 88 valence electrons. The van der Waals surface area contributed by atoms with Crippen LogP contribution in [0.3, 0.4) is 0 Å². The minimum Gasteiger partial charge on any atom is -0.461 e. The van der Waals surface area contributed by atoms with E-state index < -0.39 is 0 Å². The molecule has 0 aliphatic heterocycles. The fourth-order valence-corrected chi connectivity index (χ4v) is 1.72. The average molecular weight is 232 g/mol. The predicted molar refractivity (Wildman–Crippen MR) is 63.2 cm³/mol. The standard InChI is InChI=1S/C14H13FO2/c1-9-3-4-11(15)8-13(9)14-6-5-12(17-14)7-10(2)16/h3-6,8H,7H2,1-2H3. The monoisotopic (exact) mass is 232 g/mol. The first kappa shape index (κ1) is 11.6. The molecule has 0 atom stereocenters. The maximum atomic E-state index is 13.2. The summed E-state index contributed by atoms with van der Waals surface area (Å²) in [4.78, 5) is 11.0. The summed E-state index contributed by atoms with van der Waals surface area (Å²) in [7, 11) is 0. The van der Waals surface area contributed by atoms with Crippen LogP contribution < -0.4 is 0 Å². The third kappa shape index (κ3) is 2.61. The molecule has 0 fully saturated rings. The SMILES string of the molecule is CC(=O)Cc1ccc(-c2cc(F)ccc2C)o1. The number of Topliss-reactive ketones (excluding diaryl/α,β-unsaturated/α-hetero) is 1.